The lowest BCUT2D eigenvalue weighted by Gasteiger charge is -2.43. The molecule has 1 amide bonds. The summed E-state index contributed by atoms with van der Waals surface area (Å²) in [5, 5.41) is 3.15. The SMILES string of the molecule is O=C(Cc1cccnc1)NC1CCOC2(CCOCC2)C1. The Bertz CT molecular complexity index is 466. The topological polar surface area (TPSA) is 60.5 Å². The zero-order chi connectivity index (χ0) is 14.5. The molecule has 0 bridgehead atoms. The number of carbonyl (C=O) groups is 1. The molecule has 21 heavy (non-hydrogen) atoms. The molecule has 3 heterocycles. The smallest absolute Gasteiger partial charge is 0.224 e. The fourth-order valence-electron chi connectivity index (χ4n) is 3.21. The quantitative estimate of drug-likeness (QED) is 0.916. The number of nitrogens with zero attached hydrogens (tertiary/aromatic N) is 1. The number of ether oxygens (including phenoxy) is 2. The van der Waals surface area contributed by atoms with Crippen molar-refractivity contribution in [3.05, 3.63) is 30.1 Å². The van der Waals surface area contributed by atoms with Crippen molar-refractivity contribution in [2.75, 3.05) is 19.8 Å². The van der Waals surface area contributed by atoms with Gasteiger partial charge in [0.05, 0.1) is 12.0 Å². The summed E-state index contributed by atoms with van der Waals surface area (Å²) in [6, 6.07) is 3.99. The maximum atomic E-state index is 12.1. The lowest BCUT2D eigenvalue weighted by Crippen LogP contribution is -2.51. The summed E-state index contributed by atoms with van der Waals surface area (Å²) < 4.78 is 11.4. The van der Waals surface area contributed by atoms with Crippen LogP contribution in [-0.2, 0) is 20.7 Å². The van der Waals surface area contributed by atoms with Crippen molar-refractivity contribution in [1.82, 2.24) is 10.3 Å². The zero-order valence-electron chi connectivity index (χ0n) is 12.2. The van der Waals surface area contributed by atoms with Crippen molar-refractivity contribution in [3.8, 4) is 0 Å². The minimum Gasteiger partial charge on any atom is -0.381 e. The summed E-state index contributed by atoms with van der Waals surface area (Å²) in [6.45, 7) is 2.24. The fraction of sp³-hybridized carbons (Fsp3) is 0.625. The van der Waals surface area contributed by atoms with E-state index in [4.69, 9.17) is 9.47 Å². The predicted molar refractivity (Wildman–Crippen MR) is 77.8 cm³/mol. The van der Waals surface area contributed by atoms with Gasteiger partial charge in [0, 0.05) is 38.3 Å². The van der Waals surface area contributed by atoms with Crippen LogP contribution in [0.15, 0.2) is 24.5 Å². The van der Waals surface area contributed by atoms with E-state index < -0.39 is 0 Å². The second-order valence-electron chi connectivity index (χ2n) is 5.94. The first-order valence-electron chi connectivity index (χ1n) is 7.66. The Kier molecular flexibility index (Phi) is 4.51. The number of hydrogen-bond donors (Lipinski definition) is 1. The molecular formula is C16H22N2O3. The van der Waals surface area contributed by atoms with Gasteiger partial charge in [-0.1, -0.05) is 6.07 Å². The van der Waals surface area contributed by atoms with Crippen LogP contribution in [0.1, 0.15) is 31.2 Å². The summed E-state index contributed by atoms with van der Waals surface area (Å²) in [4.78, 5) is 16.2. The molecule has 1 N–H and O–H groups in total. The van der Waals surface area contributed by atoms with E-state index in [2.05, 4.69) is 10.3 Å². The molecule has 3 rings (SSSR count). The minimum absolute atomic E-state index is 0.0668. The van der Waals surface area contributed by atoms with Crippen LogP contribution >= 0.6 is 0 Å². The Morgan fingerprint density at radius 1 is 1.38 bits per heavy atom. The van der Waals surface area contributed by atoms with Gasteiger partial charge in [-0.2, -0.15) is 0 Å². The fourth-order valence-corrected chi connectivity index (χ4v) is 3.21. The number of carbonyl (C=O) groups excluding carboxylic acids is 1. The second kappa shape index (κ2) is 6.54. The highest BCUT2D eigenvalue weighted by Crippen LogP contribution is 2.34. The third kappa shape index (κ3) is 3.80. The molecule has 1 unspecified atom stereocenters. The summed E-state index contributed by atoms with van der Waals surface area (Å²) >= 11 is 0. The van der Waals surface area contributed by atoms with Crippen LogP contribution in [0.4, 0.5) is 0 Å². The van der Waals surface area contributed by atoms with E-state index >= 15 is 0 Å². The van der Waals surface area contributed by atoms with E-state index in [1.54, 1.807) is 12.4 Å². The Morgan fingerprint density at radius 3 is 3.00 bits per heavy atom. The van der Waals surface area contributed by atoms with Crippen LogP contribution in [0.2, 0.25) is 0 Å². The standard InChI is InChI=1S/C16H22N2O3/c19-15(10-13-2-1-6-17-12-13)18-14-3-7-21-16(11-14)4-8-20-9-5-16/h1-2,6,12,14H,3-5,7-11H2,(H,18,19). The number of rotatable bonds is 3. The van der Waals surface area contributed by atoms with Gasteiger partial charge in [0.15, 0.2) is 0 Å². The second-order valence-corrected chi connectivity index (χ2v) is 5.94. The maximum Gasteiger partial charge on any atom is 0.224 e. The normalized spacial score (nSPS) is 24.7. The van der Waals surface area contributed by atoms with Gasteiger partial charge in [0.2, 0.25) is 5.91 Å². The van der Waals surface area contributed by atoms with Crippen LogP contribution < -0.4 is 5.32 Å². The van der Waals surface area contributed by atoms with Gasteiger partial charge < -0.3 is 14.8 Å². The number of nitrogens with one attached hydrogen (secondary N) is 1. The van der Waals surface area contributed by atoms with Gasteiger partial charge in [-0.15, -0.1) is 0 Å². The Morgan fingerprint density at radius 2 is 2.24 bits per heavy atom. The van der Waals surface area contributed by atoms with Crippen molar-refractivity contribution in [2.24, 2.45) is 0 Å². The van der Waals surface area contributed by atoms with Crippen molar-refractivity contribution < 1.29 is 14.3 Å². The first kappa shape index (κ1) is 14.5. The summed E-state index contributed by atoms with van der Waals surface area (Å²) in [5.74, 6) is 0.0668. The first-order chi connectivity index (χ1) is 10.3. The third-order valence-electron chi connectivity index (χ3n) is 4.35. The van der Waals surface area contributed by atoms with Crippen molar-refractivity contribution in [2.45, 2.75) is 43.7 Å². The molecule has 1 aromatic rings. The van der Waals surface area contributed by atoms with E-state index in [1.807, 2.05) is 12.1 Å². The number of amides is 1. The molecule has 1 spiro atoms. The van der Waals surface area contributed by atoms with Gasteiger partial charge in [-0.05, 0) is 37.3 Å². The molecule has 1 aromatic heterocycles. The highest BCUT2D eigenvalue weighted by Gasteiger charge is 2.39. The highest BCUT2D eigenvalue weighted by atomic mass is 16.5. The molecule has 0 radical (unpaired) electrons. The molecule has 5 heteroatoms. The molecule has 1 atom stereocenters. The Labute approximate surface area is 125 Å². The van der Waals surface area contributed by atoms with Crippen molar-refractivity contribution >= 4 is 5.91 Å². The summed E-state index contributed by atoms with van der Waals surface area (Å²) in [5.41, 5.74) is 0.866. The zero-order valence-corrected chi connectivity index (χ0v) is 12.2. The summed E-state index contributed by atoms with van der Waals surface area (Å²) in [7, 11) is 0. The lowest BCUT2D eigenvalue weighted by molar-refractivity contribution is -0.143. The average molecular weight is 290 g/mol. The largest absolute Gasteiger partial charge is 0.381 e. The van der Waals surface area contributed by atoms with Crippen LogP contribution in [-0.4, -0.2) is 42.4 Å². The number of aromatic nitrogens is 1. The molecule has 2 aliphatic rings. The lowest BCUT2D eigenvalue weighted by atomic mass is 9.84. The first-order valence-corrected chi connectivity index (χ1v) is 7.66. The van der Waals surface area contributed by atoms with Crippen LogP contribution in [0.25, 0.3) is 0 Å². The number of pyridine rings is 1. The van der Waals surface area contributed by atoms with Gasteiger partial charge in [-0.25, -0.2) is 0 Å². The van der Waals surface area contributed by atoms with Crippen LogP contribution in [0.5, 0.6) is 0 Å². The molecule has 114 valence electrons. The van der Waals surface area contributed by atoms with E-state index in [-0.39, 0.29) is 17.6 Å². The molecule has 2 fully saturated rings. The molecule has 0 aromatic carbocycles. The third-order valence-corrected chi connectivity index (χ3v) is 4.35. The molecule has 0 aliphatic carbocycles. The van der Waals surface area contributed by atoms with E-state index in [9.17, 15) is 4.79 Å². The molecule has 2 saturated heterocycles. The molecule has 5 nitrogen and oxygen atoms in total. The van der Waals surface area contributed by atoms with Gasteiger partial charge in [0.1, 0.15) is 0 Å². The molecule has 0 saturated carbocycles. The molecule has 2 aliphatic heterocycles. The minimum atomic E-state index is -0.0806. The van der Waals surface area contributed by atoms with E-state index in [0.29, 0.717) is 6.42 Å². The predicted octanol–water partition coefficient (Wildman–Crippen LogP) is 1.47. The van der Waals surface area contributed by atoms with Gasteiger partial charge >= 0.3 is 0 Å². The van der Waals surface area contributed by atoms with Crippen molar-refractivity contribution in [3.63, 3.8) is 0 Å². The van der Waals surface area contributed by atoms with Crippen LogP contribution in [0.3, 0.4) is 0 Å². The van der Waals surface area contributed by atoms with Crippen molar-refractivity contribution in [1.29, 1.82) is 0 Å². The maximum absolute atomic E-state index is 12.1. The van der Waals surface area contributed by atoms with Gasteiger partial charge in [-0.3, -0.25) is 9.78 Å². The average Bonchev–Trinajstić information content (AvgIpc) is 2.49. The summed E-state index contributed by atoms with van der Waals surface area (Å²) in [6.07, 6.45) is 7.50. The van der Waals surface area contributed by atoms with Gasteiger partial charge in [0.25, 0.3) is 0 Å². The number of hydrogen-bond acceptors (Lipinski definition) is 4. The van der Waals surface area contributed by atoms with Crippen LogP contribution in [0, 0.1) is 0 Å². The van der Waals surface area contributed by atoms with E-state index in [1.165, 1.54) is 0 Å². The van der Waals surface area contributed by atoms with E-state index in [0.717, 1.165) is 51.1 Å². The molecular weight excluding hydrogens is 268 g/mol. The highest BCUT2D eigenvalue weighted by molar-refractivity contribution is 5.78. The monoisotopic (exact) mass is 290 g/mol. The Hall–Kier alpha value is -1.46. The Balaban J connectivity index is 1.53.